The Morgan fingerprint density at radius 1 is 1.00 bits per heavy atom. The summed E-state index contributed by atoms with van der Waals surface area (Å²) in [4.78, 5) is 0. The molecule has 0 aromatic carbocycles. The van der Waals surface area contributed by atoms with Gasteiger partial charge in [0.1, 0.15) is 14.2 Å². The predicted octanol–water partition coefficient (Wildman–Crippen LogP) is 4.34. The lowest BCUT2D eigenvalue weighted by atomic mass is 9.96. The molecule has 1 aliphatic rings. The van der Waals surface area contributed by atoms with E-state index in [1.54, 1.807) is 0 Å². The van der Waals surface area contributed by atoms with Gasteiger partial charge in [-0.05, 0) is 35.4 Å². The minimum absolute atomic E-state index is 0.0955. The van der Waals surface area contributed by atoms with Gasteiger partial charge in [-0.15, -0.1) is 5.54 Å². The molecule has 0 saturated carbocycles. The summed E-state index contributed by atoms with van der Waals surface area (Å²) < 4.78 is 5.64. The van der Waals surface area contributed by atoms with Crippen molar-refractivity contribution in [3.8, 4) is 11.5 Å². The number of rotatable bonds is 3. The molecule has 1 saturated heterocycles. The van der Waals surface area contributed by atoms with Crippen molar-refractivity contribution in [1.29, 1.82) is 0 Å². The zero-order valence-electron chi connectivity index (χ0n) is 14.2. The van der Waals surface area contributed by atoms with Crippen LogP contribution >= 0.6 is 0 Å². The van der Waals surface area contributed by atoms with Crippen molar-refractivity contribution in [2.24, 2.45) is 5.92 Å². The van der Waals surface area contributed by atoms with E-state index >= 15 is 0 Å². The van der Waals surface area contributed by atoms with Crippen LogP contribution in [0.25, 0.3) is 0 Å². The van der Waals surface area contributed by atoms with Gasteiger partial charge in [0.15, 0.2) is 6.29 Å². The van der Waals surface area contributed by atoms with E-state index in [1.165, 1.54) is 0 Å². The summed E-state index contributed by atoms with van der Waals surface area (Å²) >= 11 is 0. The topological polar surface area (TPSA) is 29.5 Å². The fourth-order valence-corrected chi connectivity index (χ4v) is 8.99. The summed E-state index contributed by atoms with van der Waals surface area (Å²) in [5.41, 5.74) is 5.62. The van der Waals surface area contributed by atoms with E-state index in [4.69, 9.17) is 4.74 Å². The van der Waals surface area contributed by atoms with E-state index in [-0.39, 0.29) is 6.10 Å². The van der Waals surface area contributed by atoms with E-state index in [0.717, 1.165) is 12.8 Å². The lowest BCUT2D eigenvalue weighted by molar-refractivity contribution is -0.161. The Kier molecular flexibility index (Phi) is 6.31. The first-order valence-electron chi connectivity index (χ1n) is 8.08. The maximum atomic E-state index is 9.68. The van der Waals surface area contributed by atoms with Crippen molar-refractivity contribution in [2.75, 3.05) is 0 Å². The highest BCUT2D eigenvalue weighted by molar-refractivity contribution is 6.90. The molecule has 116 valence electrons. The van der Waals surface area contributed by atoms with Gasteiger partial charge in [0, 0.05) is 0 Å². The van der Waals surface area contributed by atoms with E-state index in [9.17, 15) is 5.11 Å². The van der Waals surface area contributed by atoms with Crippen molar-refractivity contribution in [1.82, 2.24) is 0 Å². The fraction of sp³-hybridized carbons (Fsp3) is 0.882. The average Bonchev–Trinajstić information content (AvgIpc) is 2.32. The fourth-order valence-electron chi connectivity index (χ4n) is 3.73. The van der Waals surface area contributed by atoms with Crippen LogP contribution in [0.1, 0.15) is 61.3 Å². The molecule has 3 heteroatoms. The number of ether oxygens (including phenoxy) is 1. The summed E-state index contributed by atoms with van der Waals surface area (Å²) in [6.45, 7) is 16.1. The molecule has 0 aromatic rings. The molecule has 1 unspecified atom stereocenters. The lowest BCUT2D eigenvalue weighted by Gasteiger charge is -2.38. The zero-order chi connectivity index (χ0) is 15.5. The lowest BCUT2D eigenvalue weighted by Crippen LogP contribution is -2.44. The molecule has 0 spiro atoms. The standard InChI is InChI=1S/C17H32O2Si/c1-12(2)20(13(3)4,14(5)6)11-10-16-15(7)8-9-17(18)19-16/h12-18H,8-9H2,1-7H3/t15-,16+,17?/m0/s1. The Bertz CT molecular complexity index is 343. The van der Waals surface area contributed by atoms with Crippen LogP contribution in [0.4, 0.5) is 0 Å². The molecule has 1 fully saturated rings. The van der Waals surface area contributed by atoms with Crippen LogP contribution in [-0.4, -0.2) is 25.6 Å². The average molecular weight is 297 g/mol. The van der Waals surface area contributed by atoms with Crippen molar-refractivity contribution >= 4 is 8.07 Å². The second-order valence-electron chi connectivity index (χ2n) is 7.23. The first kappa shape index (κ1) is 17.7. The molecule has 0 bridgehead atoms. The van der Waals surface area contributed by atoms with Crippen LogP contribution in [0.3, 0.4) is 0 Å². The highest BCUT2D eigenvalue weighted by Gasteiger charge is 2.42. The molecule has 0 aromatic heterocycles. The second-order valence-corrected chi connectivity index (χ2v) is 12.8. The smallest absolute Gasteiger partial charge is 0.156 e. The van der Waals surface area contributed by atoms with Crippen LogP contribution < -0.4 is 0 Å². The van der Waals surface area contributed by atoms with E-state index in [1.807, 2.05) is 0 Å². The van der Waals surface area contributed by atoms with Gasteiger partial charge in [-0.3, -0.25) is 0 Å². The van der Waals surface area contributed by atoms with Crippen molar-refractivity contribution < 1.29 is 9.84 Å². The maximum Gasteiger partial charge on any atom is 0.156 e. The first-order valence-corrected chi connectivity index (χ1v) is 10.3. The molecular formula is C17H32O2Si. The van der Waals surface area contributed by atoms with Gasteiger partial charge in [-0.2, -0.15) is 0 Å². The Hall–Kier alpha value is -0.303. The van der Waals surface area contributed by atoms with Crippen LogP contribution in [-0.2, 0) is 4.74 Å². The van der Waals surface area contributed by atoms with Gasteiger partial charge < -0.3 is 9.84 Å². The van der Waals surface area contributed by atoms with E-state index < -0.39 is 14.4 Å². The van der Waals surface area contributed by atoms with Gasteiger partial charge >= 0.3 is 0 Å². The molecule has 0 amide bonds. The van der Waals surface area contributed by atoms with Gasteiger partial charge in [-0.1, -0.05) is 54.4 Å². The van der Waals surface area contributed by atoms with Gasteiger partial charge in [0.05, 0.1) is 0 Å². The summed E-state index contributed by atoms with van der Waals surface area (Å²) in [6.07, 6.45) is 1.01. The molecule has 1 aliphatic heterocycles. The highest BCUT2D eigenvalue weighted by Crippen LogP contribution is 2.40. The summed E-state index contributed by atoms with van der Waals surface area (Å²) in [5, 5.41) is 9.68. The number of aliphatic hydroxyl groups excluding tert-OH is 1. The van der Waals surface area contributed by atoms with Gasteiger partial charge in [0.2, 0.25) is 0 Å². The molecule has 0 aliphatic carbocycles. The van der Waals surface area contributed by atoms with Gasteiger partial charge in [-0.25, -0.2) is 0 Å². The molecule has 1 rings (SSSR count). The molecule has 2 nitrogen and oxygen atoms in total. The van der Waals surface area contributed by atoms with Gasteiger partial charge in [0.25, 0.3) is 0 Å². The Morgan fingerprint density at radius 2 is 1.50 bits per heavy atom. The van der Waals surface area contributed by atoms with Crippen LogP contribution in [0.5, 0.6) is 0 Å². The Balaban J connectivity index is 3.04. The second kappa shape index (κ2) is 7.11. The van der Waals surface area contributed by atoms with Crippen LogP contribution in [0.2, 0.25) is 16.6 Å². The summed E-state index contributed by atoms with van der Waals surface area (Å²) in [5.74, 6) is 3.84. The third-order valence-electron chi connectivity index (χ3n) is 4.99. The van der Waals surface area contributed by atoms with E-state index in [0.29, 0.717) is 22.5 Å². The van der Waals surface area contributed by atoms with E-state index in [2.05, 4.69) is 59.9 Å². The van der Waals surface area contributed by atoms with Crippen LogP contribution in [0.15, 0.2) is 0 Å². The monoisotopic (exact) mass is 296 g/mol. The Morgan fingerprint density at radius 3 is 1.95 bits per heavy atom. The molecule has 1 N–H and O–H groups in total. The number of hydrogen-bond donors (Lipinski definition) is 1. The molecule has 1 heterocycles. The SMILES string of the molecule is CC(C)[Si](C#C[C@H]1OC(O)CC[C@@H]1C)(C(C)C)C(C)C. The Labute approximate surface area is 126 Å². The third kappa shape index (κ3) is 3.66. The van der Waals surface area contributed by atoms with Crippen molar-refractivity contribution in [3.05, 3.63) is 0 Å². The maximum absolute atomic E-state index is 9.68. The highest BCUT2D eigenvalue weighted by atomic mass is 28.3. The summed E-state index contributed by atoms with van der Waals surface area (Å²) in [6, 6.07) is 0. The van der Waals surface area contributed by atoms with Crippen molar-refractivity contribution in [2.45, 2.75) is 90.3 Å². The number of hydrogen-bond acceptors (Lipinski definition) is 2. The predicted molar refractivity (Wildman–Crippen MR) is 88.1 cm³/mol. The minimum atomic E-state index is -1.69. The largest absolute Gasteiger partial charge is 0.368 e. The minimum Gasteiger partial charge on any atom is -0.368 e. The molecule has 3 atom stereocenters. The summed E-state index contributed by atoms with van der Waals surface area (Å²) in [7, 11) is -1.69. The van der Waals surface area contributed by atoms with Crippen molar-refractivity contribution in [3.63, 3.8) is 0 Å². The first-order chi connectivity index (χ1) is 9.21. The third-order valence-corrected chi connectivity index (χ3v) is 11.3. The molecule has 20 heavy (non-hydrogen) atoms. The normalized spacial score (nSPS) is 27.9. The molecular weight excluding hydrogens is 264 g/mol. The number of aliphatic hydroxyl groups is 1. The zero-order valence-corrected chi connectivity index (χ0v) is 15.2. The molecule has 0 radical (unpaired) electrons. The quantitative estimate of drug-likeness (QED) is 0.620. The van der Waals surface area contributed by atoms with Crippen LogP contribution in [0, 0.1) is 17.4 Å².